The molecule has 2 aromatic rings. The zero-order valence-corrected chi connectivity index (χ0v) is 11.2. The molecule has 0 aliphatic rings. The van der Waals surface area contributed by atoms with Crippen molar-refractivity contribution in [2.75, 3.05) is 0 Å². The maximum absolute atomic E-state index is 13.8. The third-order valence-corrected chi connectivity index (χ3v) is 3.37. The summed E-state index contributed by atoms with van der Waals surface area (Å²) in [5.74, 6) is -0.719. The van der Waals surface area contributed by atoms with Crippen LogP contribution in [0.1, 0.15) is 22.7 Å². The molecule has 0 aliphatic heterocycles. The quantitative estimate of drug-likeness (QED) is 0.898. The highest BCUT2D eigenvalue weighted by molar-refractivity contribution is 6.30. The Morgan fingerprint density at radius 2 is 1.95 bits per heavy atom. The second-order valence-corrected chi connectivity index (χ2v) is 4.94. The van der Waals surface area contributed by atoms with Crippen molar-refractivity contribution in [3.05, 3.63) is 69.7 Å². The van der Waals surface area contributed by atoms with E-state index < -0.39 is 11.9 Å². The van der Waals surface area contributed by atoms with Crippen molar-refractivity contribution < 1.29 is 8.78 Å². The van der Waals surface area contributed by atoms with Gasteiger partial charge in [-0.2, -0.15) is 0 Å². The molecule has 0 heterocycles. The molecule has 2 aromatic carbocycles. The number of benzene rings is 2. The van der Waals surface area contributed by atoms with Gasteiger partial charge in [-0.1, -0.05) is 35.9 Å². The largest absolute Gasteiger partial charge is 0.324 e. The van der Waals surface area contributed by atoms with Crippen molar-refractivity contribution in [2.24, 2.45) is 5.73 Å². The molecule has 2 rings (SSSR count). The Morgan fingerprint density at radius 3 is 2.63 bits per heavy atom. The van der Waals surface area contributed by atoms with Crippen molar-refractivity contribution in [2.45, 2.75) is 19.4 Å². The summed E-state index contributed by atoms with van der Waals surface area (Å²) in [5.41, 5.74) is 7.80. The first-order valence-corrected chi connectivity index (χ1v) is 6.31. The monoisotopic (exact) mass is 281 g/mol. The minimum absolute atomic E-state index is 0.0833. The van der Waals surface area contributed by atoms with Gasteiger partial charge >= 0.3 is 0 Å². The van der Waals surface area contributed by atoms with E-state index in [0.29, 0.717) is 17.5 Å². The fourth-order valence-electron chi connectivity index (χ4n) is 1.96. The van der Waals surface area contributed by atoms with Crippen LogP contribution in [0.25, 0.3) is 0 Å². The average Bonchev–Trinajstić information content (AvgIpc) is 2.38. The van der Waals surface area contributed by atoms with Gasteiger partial charge in [0.1, 0.15) is 11.6 Å². The zero-order chi connectivity index (χ0) is 14.0. The Bertz CT molecular complexity index is 599. The lowest BCUT2D eigenvalue weighted by atomic mass is 9.98. The van der Waals surface area contributed by atoms with Crippen LogP contribution in [0, 0.1) is 18.6 Å². The van der Waals surface area contributed by atoms with Crippen molar-refractivity contribution in [3.8, 4) is 0 Å². The highest BCUT2D eigenvalue weighted by Gasteiger charge is 2.13. The topological polar surface area (TPSA) is 26.0 Å². The number of nitrogens with two attached hydrogens (primary N) is 1. The first-order valence-electron chi connectivity index (χ1n) is 5.93. The summed E-state index contributed by atoms with van der Waals surface area (Å²) in [4.78, 5) is 0. The lowest BCUT2D eigenvalue weighted by molar-refractivity contribution is 0.591. The van der Waals surface area contributed by atoms with Gasteiger partial charge in [0, 0.05) is 6.04 Å². The molecule has 100 valence electrons. The highest BCUT2D eigenvalue weighted by Crippen LogP contribution is 2.23. The van der Waals surface area contributed by atoms with Gasteiger partial charge in [0.15, 0.2) is 0 Å². The number of hydrogen-bond donors (Lipinski definition) is 1. The predicted octanol–water partition coefficient (Wildman–Crippen LogP) is 4.17. The van der Waals surface area contributed by atoms with Gasteiger partial charge in [-0.25, -0.2) is 8.78 Å². The summed E-state index contributed by atoms with van der Waals surface area (Å²) in [7, 11) is 0. The molecule has 0 aliphatic carbocycles. The first kappa shape index (κ1) is 14.0. The Morgan fingerprint density at radius 1 is 1.21 bits per heavy atom. The van der Waals surface area contributed by atoms with Crippen LogP contribution in [0.3, 0.4) is 0 Å². The van der Waals surface area contributed by atoms with Crippen LogP contribution >= 0.6 is 11.6 Å². The van der Waals surface area contributed by atoms with Gasteiger partial charge in [0.2, 0.25) is 0 Å². The van der Waals surface area contributed by atoms with Crippen LogP contribution in [0.5, 0.6) is 0 Å². The number of aryl methyl sites for hydroxylation is 1. The Labute approximate surface area is 116 Å². The van der Waals surface area contributed by atoms with Gasteiger partial charge in [-0.05, 0) is 42.2 Å². The smallest absolute Gasteiger partial charge is 0.145 e. The second kappa shape index (κ2) is 5.68. The minimum atomic E-state index is -0.446. The third-order valence-electron chi connectivity index (χ3n) is 3.08. The van der Waals surface area contributed by atoms with Gasteiger partial charge in [0.05, 0.1) is 5.02 Å². The van der Waals surface area contributed by atoms with Crippen LogP contribution in [0.2, 0.25) is 5.02 Å². The summed E-state index contributed by atoms with van der Waals surface area (Å²) in [5, 5.41) is 0.0833. The van der Waals surface area contributed by atoms with E-state index in [1.165, 1.54) is 12.1 Å². The van der Waals surface area contributed by atoms with Gasteiger partial charge in [-0.15, -0.1) is 0 Å². The van der Waals surface area contributed by atoms with Crippen LogP contribution in [-0.2, 0) is 6.42 Å². The van der Waals surface area contributed by atoms with Crippen LogP contribution in [0.4, 0.5) is 8.78 Å². The molecular formula is C15H14ClF2N. The van der Waals surface area contributed by atoms with E-state index >= 15 is 0 Å². The Hall–Kier alpha value is -1.45. The van der Waals surface area contributed by atoms with Crippen molar-refractivity contribution >= 4 is 11.6 Å². The number of hydrogen-bond acceptors (Lipinski definition) is 1. The van der Waals surface area contributed by atoms with E-state index in [0.717, 1.165) is 5.56 Å². The van der Waals surface area contributed by atoms with Crippen LogP contribution in [0.15, 0.2) is 36.4 Å². The summed E-state index contributed by atoms with van der Waals surface area (Å²) in [6.07, 6.45) is 0.317. The summed E-state index contributed by atoms with van der Waals surface area (Å²) < 4.78 is 27.0. The first-order chi connectivity index (χ1) is 8.99. The summed E-state index contributed by atoms with van der Waals surface area (Å²) in [6.45, 7) is 1.67. The van der Waals surface area contributed by atoms with E-state index in [4.69, 9.17) is 17.3 Å². The third kappa shape index (κ3) is 3.11. The normalized spacial score (nSPS) is 12.5. The molecule has 0 radical (unpaired) electrons. The maximum Gasteiger partial charge on any atom is 0.145 e. The van der Waals surface area contributed by atoms with Crippen LogP contribution < -0.4 is 5.73 Å². The van der Waals surface area contributed by atoms with E-state index in [1.54, 1.807) is 31.2 Å². The lowest BCUT2D eigenvalue weighted by Gasteiger charge is -2.14. The van der Waals surface area contributed by atoms with Crippen molar-refractivity contribution in [1.82, 2.24) is 0 Å². The molecule has 0 saturated heterocycles. The van der Waals surface area contributed by atoms with Gasteiger partial charge in [0.25, 0.3) is 0 Å². The molecule has 19 heavy (non-hydrogen) atoms. The fourth-order valence-corrected chi connectivity index (χ4v) is 2.15. The van der Waals surface area contributed by atoms with E-state index in [9.17, 15) is 8.78 Å². The molecule has 0 aromatic heterocycles. The standard InChI is InChI=1S/C15H14ClF2N/c1-9-7-10(5-6-13(9)17)14(19)8-11-3-2-4-12(16)15(11)18/h2-7,14H,8,19H2,1H3. The van der Waals surface area contributed by atoms with E-state index in [-0.39, 0.29) is 10.8 Å². The number of halogens is 3. The van der Waals surface area contributed by atoms with Crippen molar-refractivity contribution in [1.29, 1.82) is 0 Å². The number of rotatable bonds is 3. The van der Waals surface area contributed by atoms with Gasteiger partial charge < -0.3 is 5.73 Å². The summed E-state index contributed by atoms with van der Waals surface area (Å²) in [6, 6.07) is 9.11. The molecule has 4 heteroatoms. The van der Waals surface area contributed by atoms with Crippen LogP contribution in [-0.4, -0.2) is 0 Å². The Kier molecular flexibility index (Phi) is 4.17. The lowest BCUT2D eigenvalue weighted by Crippen LogP contribution is -2.14. The molecule has 0 spiro atoms. The van der Waals surface area contributed by atoms with Gasteiger partial charge in [-0.3, -0.25) is 0 Å². The molecule has 0 amide bonds. The van der Waals surface area contributed by atoms with E-state index in [1.807, 2.05) is 0 Å². The highest BCUT2D eigenvalue weighted by atomic mass is 35.5. The SMILES string of the molecule is Cc1cc(C(N)Cc2cccc(Cl)c2F)ccc1F. The summed E-state index contributed by atoms with van der Waals surface area (Å²) >= 11 is 5.72. The molecular weight excluding hydrogens is 268 g/mol. The molecule has 0 saturated carbocycles. The predicted molar refractivity (Wildman–Crippen MR) is 73.2 cm³/mol. The van der Waals surface area contributed by atoms with E-state index in [2.05, 4.69) is 0 Å². The minimum Gasteiger partial charge on any atom is -0.324 e. The molecule has 0 bridgehead atoms. The molecule has 1 nitrogen and oxygen atoms in total. The van der Waals surface area contributed by atoms with Crippen molar-refractivity contribution in [3.63, 3.8) is 0 Å². The molecule has 1 unspecified atom stereocenters. The Balaban J connectivity index is 2.23. The maximum atomic E-state index is 13.8. The second-order valence-electron chi connectivity index (χ2n) is 4.53. The zero-order valence-electron chi connectivity index (χ0n) is 10.5. The molecule has 0 fully saturated rings. The molecule has 1 atom stereocenters. The average molecular weight is 282 g/mol. The molecule has 2 N–H and O–H groups in total. The fraction of sp³-hybridized carbons (Fsp3) is 0.200.